The zero-order chi connectivity index (χ0) is 16.2. The Kier molecular flexibility index (Phi) is 4.43. The van der Waals surface area contributed by atoms with E-state index in [1.54, 1.807) is 6.20 Å². The fraction of sp³-hybridized carbons (Fsp3) is 0.176. The van der Waals surface area contributed by atoms with Crippen molar-refractivity contribution in [2.75, 3.05) is 5.32 Å². The van der Waals surface area contributed by atoms with Gasteiger partial charge in [0.2, 0.25) is 0 Å². The van der Waals surface area contributed by atoms with Crippen LogP contribution < -0.4 is 10.1 Å². The molecule has 3 aromatic rings. The molecule has 0 atom stereocenters. The molecule has 0 fully saturated rings. The number of ether oxygens (including phenoxy) is 1. The van der Waals surface area contributed by atoms with Crippen LogP contribution in [-0.2, 0) is 13.7 Å². The zero-order valence-electron chi connectivity index (χ0n) is 12.9. The van der Waals surface area contributed by atoms with E-state index in [0.29, 0.717) is 6.61 Å². The van der Waals surface area contributed by atoms with Gasteiger partial charge in [-0.1, -0.05) is 0 Å². The number of hydrogen-bond acceptors (Lipinski definition) is 4. The molecule has 0 radical (unpaired) electrons. The van der Waals surface area contributed by atoms with Crippen LogP contribution in [0.2, 0.25) is 0 Å². The number of nitrogens with zero attached hydrogens (tertiary/aromatic N) is 2. The molecule has 5 nitrogen and oxygen atoms in total. The van der Waals surface area contributed by atoms with Gasteiger partial charge in [0.1, 0.15) is 18.2 Å². The van der Waals surface area contributed by atoms with Crippen molar-refractivity contribution in [2.45, 2.75) is 13.5 Å². The Morgan fingerprint density at radius 3 is 2.70 bits per heavy atom. The molecule has 118 valence electrons. The Balaban J connectivity index is 1.60. The van der Waals surface area contributed by atoms with E-state index in [-0.39, 0.29) is 5.91 Å². The molecule has 0 bridgehead atoms. The van der Waals surface area contributed by atoms with E-state index in [1.165, 1.54) is 11.3 Å². The maximum atomic E-state index is 12.2. The third-order valence-electron chi connectivity index (χ3n) is 3.47. The highest BCUT2D eigenvalue weighted by Gasteiger charge is 2.10. The van der Waals surface area contributed by atoms with Gasteiger partial charge in [-0.3, -0.25) is 4.79 Å². The lowest BCUT2D eigenvalue weighted by molar-refractivity contribution is 0.103. The minimum atomic E-state index is -0.0841. The summed E-state index contributed by atoms with van der Waals surface area (Å²) >= 11 is 1.44. The molecule has 6 heteroatoms. The molecule has 1 aromatic carbocycles. The second-order valence-electron chi connectivity index (χ2n) is 5.15. The van der Waals surface area contributed by atoms with Gasteiger partial charge < -0.3 is 14.6 Å². The summed E-state index contributed by atoms with van der Waals surface area (Å²) in [5.41, 5.74) is 1.73. The number of imidazole rings is 1. The van der Waals surface area contributed by atoms with Crippen LogP contribution in [0, 0.1) is 6.92 Å². The van der Waals surface area contributed by atoms with Crippen LogP contribution in [0.5, 0.6) is 5.75 Å². The van der Waals surface area contributed by atoms with Crippen LogP contribution in [0.15, 0.2) is 48.1 Å². The van der Waals surface area contributed by atoms with Gasteiger partial charge in [0.05, 0.1) is 4.88 Å². The summed E-state index contributed by atoms with van der Waals surface area (Å²) in [5.74, 6) is 1.51. The molecule has 2 aromatic heterocycles. The maximum absolute atomic E-state index is 12.2. The number of aromatic nitrogens is 2. The molecule has 0 aliphatic carbocycles. The smallest absolute Gasteiger partial charge is 0.265 e. The Labute approximate surface area is 138 Å². The van der Waals surface area contributed by atoms with Crippen molar-refractivity contribution in [1.29, 1.82) is 0 Å². The van der Waals surface area contributed by atoms with Gasteiger partial charge in [0.15, 0.2) is 0 Å². The van der Waals surface area contributed by atoms with Crippen LogP contribution in [0.25, 0.3) is 0 Å². The van der Waals surface area contributed by atoms with E-state index in [1.807, 2.05) is 60.4 Å². The maximum Gasteiger partial charge on any atom is 0.265 e. The standard InChI is InChI=1S/C17H17N3O2S/c1-12-7-10-23-16(12)17(21)19-13-3-5-14(6-4-13)22-11-15-18-8-9-20(15)2/h3-10H,11H2,1-2H3,(H,19,21). The van der Waals surface area contributed by atoms with E-state index in [2.05, 4.69) is 10.3 Å². The summed E-state index contributed by atoms with van der Waals surface area (Å²) in [7, 11) is 1.93. The van der Waals surface area contributed by atoms with Crippen molar-refractivity contribution in [3.63, 3.8) is 0 Å². The molecule has 2 heterocycles. The summed E-state index contributed by atoms with van der Waals surface area (Å²) in [5, 5.41) is 4.81. The first-order valence-corrected chi connectivity index (χ1v) is 8.06. The molecule has 0 spiro atoms. The van der Waals surface area contributed by atoms with Crippen LogP contribution in [0.3, 0.4) is 0 Å². The third kappa shape index (κ3) is 3.60. The molecule has 0 saturated carbocycles. The monoisotopic (exact) mass is 327 g/mol. The molecule has 0 aliphatic heterocycles. The largest absolute Gasteiger partial charge is 0.486 e. The SMILES string of the molecule is Cc1ccsc1C(=O)Nc1ccc(OCc2nccn2C)cc1. The molecule has 0 aliphatic rings. The van der Waals surface area contributed by atoms with E-state index >= 15 is 0 Å². The Hall–Kier alpha value is -2.60. The predicted octanol–water partition coefficient (Wildman–Crippen LogP) is 3.62. The summed E-state index contributed by atoms with van der Waals surface area (Å²) in [6, 6.07) is 9.26. The quantitative estimate of drug-likeness (QED) is 0.778. The topological polar surface area (TPSA) is 56.1 Å². The van der Waals surface area contributed by atoms with Crippen molar-refractivity contribution in [2.24, 2.45) is 7.05 Å². The third-order valence-corrected chi connectivity index (χ3v) is 4.48. The van der Waals surface area contributed by atoms with Gasteiger partial charge in [-0.05, 0) is 48.2 Å². The van der Waals surface area contributed by atoms with Gasteiger partial charge in [-0.15, -0.1) is 11.3 Å². The number of nitrogens with one attached hydrogen (secondary N) is 1. The number of carbonyl (C=O) groups excluding carboxylic acids is 1. The van der Waals surface area contributed by atoms with E-state index in [0.717, 1.165) is 27.7 Å². The van der Waals surface area contributed by atoms with Crippen molar-refractivity contribution >= 4 is 22.9 Å². The van der Waals surface area contributed by atoms with Gasteiger partial charge >= 0.3 is 0 Å². The molecule has 0 unspecified atom stereocenters. The highest BCUT2D eigenvalue weighted by atomic mass is 32.1. The van der Waals surface area contributed by atoms with Crippen LogP contribution >= 0.6 is 11.3 Å². The molecule has 1 amide bonds. The van der Waals surface area contributed by atoms with Crippen molar-refractivity contribution in [1.82, 2.24) is 9.55 Å². The normalized spacial score (nSPS) is 10.5. The number of thiophene rings is 1. The zero-order valence-corrected chi connectivity index (χ0v) is 13.8. The minimum Gasteiger partial charge on any atom is -0.486 e. The van der Waals surface area contributed by atoms with Crippen molar-refractivity contribution in [3.8, 4) is 5.75 Å². The second-order valence-corrected chi connectivity index (χ2v) is 6.07. The number of carbonyl (C=O) groups is 1. The first-order chi connectivity index (χ1) is 11.1. The van der Waals surface area contributed by atoms with Crippen LogP contribution in [0.4, 0.5) is 5.69 Å². The molecular weight excluding hydrogens is 310 g/mol. The lowest BCUT2D eigenvalue weighted by Crippen LogP contribution is -2.11. The Bertz CT molecular complexity index is 805. The number of anilines is 1. The number of rotatable bonds is 5. The summed E-state index contributed by atoms with van der Waals surface area (Å²) in [6.45, 7) is 2.34. The van der Waals surface area contributed by atoms with E-state index in [4.69, 9.17) is 4.74 Å². The molecule has 0 saturated heterocycles. The summed E-state index contributed by atoms with van der Waals surface area (Å²) in [6.07, 6.45) is 3.62. The van der Waals surface area contributed by atoms with Crippen molar-refractivity contribution < 1.29 is 9.53 Å². The first-order valence-electron chi connectivity index (χ1n) is 7.18. The van der Waals surface area contributed by atoms with Gasteiger partial charge in [0.25, 0.3) is 5.91 Å². The average Bonchev–Trinajstić information content (AvgIpc) is 3.15. The number of aryl methyl sites for hydroxylation is 2. The van der Waals surface area contributed by atoms with Crippen molar-refractivity contribution in [3.05, 3.63) is 64.4 Å². The Morgan fingerprint density at radius 1 is 1.30 bits per heavy atom. The summed E-state index contributed by atoms with van der Waals surface area (Å²) < 4.78 is 7.60. The number of hydrogen-bond donors (Lipinski definition) is 1. The average molecular weight is 327 g/mol. The molecular formula is C17H17N3O2S. The molecule has 1 N–H and O–H groups in total. The van der Waals surface area contributed by atoms with E-state index in [9.17, 15) is 4.79 Å². The van der Waals surface area contributed by atoms with Crippen LogP contribution in [0.1, 0.15) is 21.1 Å². The van der Waals surface area contributed by atoms with E-state index < -0.39 is 0 Å². The summed E-state index contributed by atoms with van der Waals surface area (Å²) in [4.78, 5) is 17.1. The minimum absolute atomic E-state index is 0.0841. The highest BCUT2D eigenvalue weighted by Crippen LogP contribution is 2.20. The molecule has 23 heavy (non-hydrogen) atoms. The second kappa shape index (κ2) is 6.66. The molecule has 3 rings (SSSR count). The number of benzene rings is 1. The van der Waals surface area contributed by atoms with Crippen LogP contribution in [-0.4, -0.2) is 15.5 Å². The van der Waals surface area contributed by atoms with Gasteiger partial charge in [0, 0.05) is 25.1 Å². The fourth-order valence-corrected chi connectivity index (χ4v) is 2.93. The lowest BCUT2D eigenvalue weighted by atomic mass is 10.2. The first kappa shape index (κ1) is 15.3. The fourth-order valence-electron chi connectivity index (χ4n) is 2.11. The highest BCUT2D eigenvalue weighted by molar-refractivity contribution is 7.12. The van der Waals surface area contributed by atoms with Gasteiger partial charge in [-0.2, -0.15) is 0 Å². The number of amides is 1. The Morgan fingerprint density at radius 2 is 2.09 bits per heavy atom. The predicted molar refractivity (Wildman–Crippen MR) is 91.0 cm³/mol. The van der Waals surface area contributed by atoms with Gasteiger partial charge in [-0.25, -0.2) is 4.98 Å². The lowest BCUT2D eigenvalue weighted by Gasteiger charge is -2.08.